The van der Waals surface area contributed by atoms with Crippen molar-refractivity contribution in [2.24, 2.45) is 5.92 Å². The molecule has 2 saturated heterocycles. The summed E-state index contributed by atoms with van der Waals surface area (Å²) in [6, 6.07) is 8.01. The smallest absolute Gasteiger partial charge is 0.222 e. The van der Waals surface area contributed by atoms with Crippen LogP contribution >= 0.6 is 0 Å². The molecule has 0 bridgehead atoms. The maximum absolute atomic E-state index is 12.3. The maximum atomic E-state index is 12.3. The molecular formula is C18H24N4O2. The van der Waals surface area contributed by atoms with Crippen LogP contribution in [0, 0.1) is 17.2 Å². The Morgan fingerprint density at radius 3 is 3.08 bits per heavy atom. The highest BCUT2D eigenvalue weighted by atomic mass is 16.5. The molecule has 1 aromatic heterocycles. The number of rotatable bonds is 5. The van der Waals surface area contributed by atoms with Gasteiger partial charge in [-0.15, -0.1) is 0 Å². The summed E-state index contributed by atoms with van der Waals surface area (Å²) < 4.78 is 5.12. The molecule has 2 aliphatic heterocycles. The monoisotopic (exact) mass is 328 g/mol. The first-order chi connectivity index (χ1) is 11.7. The molecule has 0 unspecified atom stereocenters. The highest BCUT2D eigenvalue weighted by molar-refractivity contribution is 5.77. The molecule has 128 valence electrons. The summed E-state index contributed by atoms with van der Waals surface area (Å²) in [7, 11) is 1.70. The van der Waals surface area contributed by atoms with E-state index in [0.717, 1.165) is 44.7 Å². The van der Waals surface area contributed by atoms with Crippen molar-refractivity contribution in [3.05, 3.63) is 23.9 Å². The van der Waals surface area contributed by atoms with Gasteiger partial charge in [0.15, 0.2) is 0 Å². The predicted octanol–water partition coefficient (Wildman–Crippen LogP) is 1.81. The van der Waals surface area contributed by atoms with Crippen LogP contribution in [0.2, 0.25) is 0 Å². The van der Waals surface area contributed by atoms with Crippen LogP contribution in [0.1, 0.15) is 31.4 Å². The molecule has 0 N–H and O–H groups in total. The van der Waals surface area contributed by atoms with Crippen molar-refractivity contribution < 1.29 is 9.53 Å². The van der Waals surface area contributed by atoms with E-state index in [-0.39, 0.29) is 5.91 Å². The zero-order chi connectivity index (χ0) is 16.9. The van der Waals surface area contributed by atoms with Gasteiger partial charge >= 0.3 is 0 Å². The molecule has 24 heavy (non-hydrogen) atoms. The number of anilines is 1. The van der Waals surface area contributed by atoms with Gasteiger partial charge in [-0.1, -0.05) is 6.07 Å². The van der Waals surface area contributed by atoms with Crippen molar-refractivity contribution in [3.63, 3.8) is 0 Å². The Balaban J connectivity index is 1.67. The molecular weight excluding hydrogens is 304 g/mol. The zero-order valence-electron chi connectivity index (χ0n) is 14.1. The van der Waals surface area contributed by atoms with Gasteiger partial charge in [-0.2, -0.15) is 5.26 Å². The number of hydrogen-bond acceptors (Lipinski definition) is 5. The minimum Gasteiger partial charge on any atom is -0.385 e. The van der Waals surface area contributed by atoms with Gasteiger partial charge in [-0.3, -0.25) is 4.79 Å². The van der Waals surface area contributed by atoms with Crippen LogP contribution in [0.4, 0.5) is 5.82 Å². The van der Waals surface area contributed by atoms with E-state index in [9.17, 15) is 4.79 Å². The third-order valence-corrected chi connectivity index (χ3v) is 5.06. The van der Waals surface area contributed by atoms with E-state index in [1.165, 1.54) is 0 Å². The van der Waals surface area contributed by atoms with Crippen molar-refractivity contribution >= 4 is 11.7 Å². The number of pyridine rings is 1. The van der Waals surface area contributed by atoms with E-state index in [1.54, 1.807) is 13.2 Å². The van der Waals surface area contributed by atoms with Gasteiger partial charge in [0.2, 0.25) is 5.91 Å². The Morgan fingerprint density at radius 2 is 2.29 bits per heavy atom. The number of nitriles is 1. The highest BCUT2D eigenvalue weighted by Gasteiger charge is 2.39. The largest absolute Gasteiger partial charge is 0.385 e. The number of amides is 1. The number of carbonyl (C=O) groups excluding carboxylic acids is 1. The Bertz CT molecular complexity index is 628. The molecule has 0 aromatic carbocycles. The summed E-state index contributed by atoms with van der Waals surface area (Å²) in [4.78, 5) is 21.0. The van der Waals surface area contributed by atoms with E-state index in [0.29, 0.717) is 30.7 Å². The molecule has 0 saturated carbocycles. The SMILES string of the molecule is COCCCN1C(=O)CC[C@H]2CN(c3cccc(C#N)n3)CC[C@H]21. The molecule has 2 atom stereocenters. The number of likely N-dealkylation sites (tertiary alicyclic amines) is 1. The van der Waals surface area contributed by atoms with Crippen LogP contribution in [-0.2, 0) is 9.53 Å². The molecule has 1 aromatic rings. The van der Waals surface area contributed by atoms with Crippen LogP contribution in [-0.4, -0.2) is 55.2 Å². The van der Waals surface area contributed by atoms with Crippen molar-refractivity contribution in [3.8, 4) is 6.07 Å². The fourth-order valence-corrected chi connectivity index (χ4v) is 3.89. The van der Waals surface area contributed by atoms with Crippen LogP contribution in [0.15, 0.2) is 18.2 Å². The molecule has 6 heteroatoms. The normalized spacial score (nSPS) is 23.8. The van der Waals surface area contributed by atoms with Crippen LogP contribution in [0.25, 0.3) is 0 Å². The first-order valence-corrected chi connectivity index (χ1v) is 8.63. The van der Waals surface area contributed by atoms with Gasteiger partial charge < -0.3 is 14.5 Å². The maximum Gasteiger partial charge on any atom is 0.222 e. The van der Waals surface area contributed by atoms with Crippen LogP contribution in [0.3, 0.4) is 0 Å². The lowest BCUT2D eigenvalue weighted by atomic mass is 9.83. The zero-order valence-corrected chi connectivity index (χ0v) is 14.1. The lowest BCUT2D eigenvalue weighted by Gasteiger charge is -2.47. The summed E-state index contributed by atoms with van der Waals surface area (Å²) >= 11 is 0. The number of fused-ring (bicyclic) bond motifs is 1. The Labute approximate surface area is 143 Å². The van der Waals surface area contributed by atoms with Gasteiger partial charge in [0.05, 0.1) is 0 Å². The van der Waals surface area contributed by atoms with Crippen molar-refractivity contribution in [2.75, 3.05) is 38.3 Å². The summed E-state index contributed by atoms with van der Waals surface area (Å²) in [5, 5.41) is 9.03. The molecule has 0 spiro atoms. The molecule has 2 fully saturated rings. The van der Waals surface area contributed by atoms with Crippen molar-refractivity contribution in [1.82, 2.24) is 9.88 Å². The van der Waals surface area contributed by atoms with E-state index in [2.05, 4.69) is 20.9 Å². The minimum absolute atomic E-state index is 0.283. The average molecular weight is 328 g/mol. The van der Waals surface area contributed by atoms with Crippen LogP contribution < -0.4 is 4.90 Å². The summed E-state index contributed by atoms with van der Waals surface area (Å²) in [5.74, 6) is 1.63. The fraction of sp³-hybridized carbons (Fsp3) is 0.611. The third kappa shape index (κ3) is 3.51. The second-order valence-corrected chi connectivity index (χ2v) is 6.53. The molecule has 2 aliphatic rings. The van der Waals surface area contributed by atoms with Gasteiger partial charge in [0.1, 0.15) is 17.6 Å². The van der Waals surface area contributed by atoms with Gasteiger partial charge in [0.25, 0.3) is 0 Å². The van der Waals surface area contributed by atoms with E-state index >= 15 is 0 Å². The van der Waals surface area contributed by atoms with Gasteiger partial charge in [-0.05, 0) is 37.3 Å². The molecule has 1 amide bonds. The minimum atomic E-state index is 0.283. The molecule has 3 rings (SSSR count). The molecule has 6 nitrogen and oxygen atoms in total. The predicted molar refractivity (Wildman–Crippen MR) is 90.5 cm³/mol. The fourth-order valence-electron chi connectivity index (χ4n) is 3.89. The summed E-state index contributed by atoms with van der Waals surface area (Å²) in [6.45, 7) is 3.26. The first kappa shape index (κ1) is 16.7. The van der Waals surface area contributed by atoms with Gasteiger partial charge in [-0.25, -0.2) is 4.98 Å². The quantitative estimate of drug-likeness (QED) is 0.771. The van der Waals surface area contributed by atoms with E-state index in [4.69, 9.17) is 10.00 Å². The second-order valence-electron chi connectivity index (χ2n) is 6.53. The van der Waals surface area contributed by atoms with Crippen molar-refractivity contribution in [2.45, 2.75) is 31.7 Å². The first-order valence-electron chi connectivity index (χ1n) is 8.63. The number of piperidine rings is 2. The Hall–Kier alpha value is -2.13. The topological polar surface area (TPSA) is 69.5 Å². The van der Waals surface area contributed by atoms with Crippen molar-refractivity contribution in [1.29, 1.82) is 5.26 Å². The van der Waals surface area contributed by atoms with E-state index in [1.807, 2.05) is 12.1 Å². The molecule has 0 radical (unpaired) electrons. The van der Waals surface area contributed by atoms with E-state index < -0.39 is 0 Å². The number of hydrogen-bond donors (Lipinski definition) is 0. The van der Waals surface area contributed by atoms with Gasteiger partial charge in [0, 0.05) is 45.8 Å². The number of carbonyl (C=O) groups is 1. The summed E-state index contributed by atoms with van der Waals surface area (Å²) in [6.07, 6.45) is 3.43. The Kier molecular flexibility index (Phi) is 5.31. The standard InChI is InChI=1S/C18H24N4O2/c1-24-11-3-9-22-16-8-10-21(13-14(16)6-7-18(22)23)17-5-2-4-15(12-19)20-17/h2,4-5,14,16H,3,6-11,13H2,1H3/t14-,16+/m0/s1. The van der Waals surface area contributed by atoms with Crippen LogP contribution in [0.5, 0.6) is 0 Å². The molecule has 3 heterocycles. The lowest BCUT2D eigenvalue weighted by Crippen LogP contribution is -2.56. The molecule has 0 aliphatic carbocycles. The number of methoxy groups -OCH3 is 1. The highest BCUT2D eigenvalue weighted by Crippen LogP contribution is 2.33. The second kappa shape index (κ2) is 7.63. The third-order valence-electron chi connectivity index (χ3n) is 5.06. The number of nitrogens with zero attached hydrogens (tertiary/aromatic N) is 4. The average Bonchev–Trinajstić information content (AvgIpc) is 2.63. The number of ether oxygens (including phenoxy) is 1. The Morgan fingerprint density at radius 1 is 1.42 bits per heavy atom. The lowest BCUT2D eigenvalue weighted by molar-refractivity contribution is -0.139. The number of aromatic nitrogens is 1. The summed E-state index contributed by atoms with van der Waals surface area (Å²) in [5.41, 5.74) is 0.453.